The maximum atomic E-state index is 13.8. The first-order chi connectivity index (χ1) is 21.6. The molecule has 1 aliphatic rings. The van der Waals surface area contributed by atoms with Crippen LogP contribution in [-0.4, -0.2) is 57.5 Å². The molecule has 14 heteroatoms. The van der Waals surface area contributed by atoms with Gasteiger partial charge in [0.05, 0.1) is 48.8 Å². The third kappa shape index (κ3) is 6.61. The fraction of sp³-hybridized carbons (Fsp3) is 0.226. The molecule has 0 atom stereocenters. The van der Waals surface area contributed by atoms with E-state index in [0.29, 0.717) is 70.6 Å². The van der Waals surface area contributed by atoms with Gasteiger partial charge in [0.15, 0.2) is 0 Å². The molecule has 0 spiro atoms. The van der Waals surface area contributed by atoms with Gasteiger partial charge in [-0.1, -0.05) is 41.4 Å². The molecule has 1 amide bonds. The van der Waals surface area contributed by atoms with E-state index >= 15 is 0 Å². The van der Waals surface area contributed by atoms with Gasteiger partial charge in [0.1, 0.15) is 15.5 Å². The Labute approximate surface area is 274 Å². The number of aromatic nitrogens is 2. The topological polar surface area (TPSA) is 115 Å². The van der Waals surface area contributed by atoms with Crippen molar-refractivity contribution in [3.05, 3.63) is 92.9 Å². The number of fused-ring (bicyclic) bond motifs is 1. The Morgan fingerprint density at radius 2 is 1.84 bits per heavy atom. The number of nitrogens with zero attached hydrogens (tertiary/aromatic N) is 3. The number of benzene rings is 3. The molecule has 0 radical (unpaired) electrons. The van der Waals surface area contributed by atoms with Gasteiger partial charge in [-0.25, -0.2) is 8.42 Å². The second-order valence-corrected chi connectivity index (χ2v) is 13.9. The van der Waals surface area contributed by atoms with Crippen molar-refractivity contribution in [3.8, 4) is 5.75 Å². The maximum Gasteiger partial charge on any atom is 0.265 e. The number of halogens is 2. The monoisotopic (exact) mass is 685 g/mol. The zero-order valence-electron chi connectivity index (χ0n) is 24.3. The van der Waals surface area contributed by atoms with Crippen molar-refractivity contribution >= 4 is 77.7 Å². The molecule has 10 nitrogen and oxygen atoms in total. The molecule has 3 aromatic carbocycles. The quantitative estimate of drug-likeness (QED) is 0.178. The lowest BCUT2D eigenvalue weighted by atomic mass is 10.2. The van der Waals surface area contributed by atoms with Gasteiger partial charge in [-0.3, -0.25) is 14.2 Å². The van der Waals surface area contributed by atoms with Gasteiger partial charge >= 0.3 is 0 Å². The Balaban J connectivity index is 1.30. The third-order valence-electron chi connectivity index (χ3n) is 7.38. The number of amides is 1. The lowest BCUT2D eigenvalue weighted by Gasteiger charge is -2.30. The van der Waals surface area contributed by atoms with Gasteiger partial charge < -0.3 is 19.7 Å². The standard InChI is InChI=1S/C31H29Cl2N5O5S2/c1-19-23-17-28(44-31(23)38(35-19)18-20-7-8-21(32)15-24(20)33)30(39)34-22-9-10-26(37-11-13-43-14-12-37)29(16-22)45(40,41)36-25-5-3-4-6-27(25)42-2/h3-10,15-17,36H,11-14,18H2,1-2H3,(H,34,39). The van der Waals surface area contributed by atoms with E-state index in [4.69, 9.17) is 32.7 Å². The van der Waals surface area contributed by atoms with Gasteiger partial charge in [-0.05, 0) is 61.0 Å². The SMILES string of the molecule is COc1ccccc1NS(=O)(=O)c1cc(NC(=O)c2cc3c(C)nn(Cc4ccc(Cl)cc4Cl)c3s2)ccc1N1CCOCC1. The summed E-state index contributed by atoms with van der Waals surface area (Å²) in [5.41, 5.74) is 2.77. The van der Waals surface area contributed by atoms with Crippen LogP contribution < -0.4 is 19.7 Å². The van der Waals surface area contributed by atoms with Gasteiger partial charge in [0.2, 0.25) is 0 Å². The minimum absolute atomic E-state index is 0.0239. The highest BCUT2D eigenvalue weighted by Crippen LogP contribution is 2.34. The number of anilines is 3. The largest absolute Gasteiger partial charge is 0.495 e. The first-order valence-corrected chi connectivity index (χ1v) is 17.0. The second-order valence-electron chi connectivity index (χ2n) is 10.4. The van der Waals surface area contributed by atoms with Crippen LogP contribution in [0.15, 0.2) is 71.6 Å². The van der Waals surface area contributed by atoms with Crippen molar-refractivity contribution in [3.63, 3.8) is 0 Å². The average Bonchev–Trinajstić information content (AvgIpc) is 3.60. The van der Waals surface area contributed by atoms with Crippen molar-refractivity contribution in [2.75, 3.05) is 48.4 Å². The van der Waals surface area contributed by atoms with Crippen LogP contribution in [0.2, 0.25) is 10.0 Å². The molecule has 1 saturated heterocycles. The number of nitrogens with one attached hydrogen (secondary N) is 2. The van der Waals surface area contributed by atoms with Crippen LogP contribution in [0, 0.1) is 6.92 Å². The fourth-order valence-electron chi connectivity index (χ4n) is 5.14. The van der Waals surface area contributed by atoms with Gasteiger partial charge in [0.25, 0.3) is 15.9 Å². The number of ether oxygens (including phenoxy) is 2. The molecule has 0 unspecified atom stereocenters. The highest BCUT2D eigenvalue weighted by atomic mass is 35.5. The normalized spacial score (nSPS) is 13.6. The molecule has 6 rings (SSSR count). The predicted octanol–water partition coefficient (Wildman–Crippen LogP) is 6.66. The number of para-hydroxylation sites is 2. The molecule has 0 aliphatic carbocycles. The summed E-state index contributed by atoms with van der Waals surface area (Å²) in [7, 11) is -2.62. The van der Waals surface area contributed by atoms with E-state index in [1.54, 1.807) is 54.6 Å². The summed E-state index contributed by atoms with van der Waals surface area (Å²) in [6.07, 6.45) is 0. The number of thiophene rings is 1. The summed E-state index contributed by atoms with van der Waals surface area (Å²) in [5, 5.41) is 9.46. The molecule has 45 heavy (non-hydrogen) atoms. The number of aryl methyl sites for hydroxylation is 1. The molecular weight excluding hydrogens is 657 g/mol. The van der Waals surface area contributed by atoms with E-state index in [9.17, 15) is 13.2 Å². The predicted molar refractivity (Wildman–Crippen MR) is 179 cm³/mol. The Morgan fingerprint density at radius 1 is 1.07 bits per heavy atom. The lowest BCUT2D eigenvalue weighted by molar-refractivity contribution is 0.103. The summed E-state index contributed by atoms with van der Waals surface area (Å²) >= 11 is 13.8. The maximum absolute atomic E-state index is 13.8. The van der Waals surface area contributed by atoms with Crippen LogP contribution in [0.5, 0.6) is 5.75 Å². The molecule has 2 aromatic heterocycles. The lowest BCUT2D eigenvalue weighted by Crippen LogP contribution is -2.37. The number of hydrogen-bond donors (Lipinski definition) is 2. The molecule has 1 fully saturated rings. The summed E-state index contributed by atoms with van der Waals surface area (Å²) in [6.45, 7) is 4.30. The van der Waals surface area contributed by atoms with Gasteiger partial charge in [-0.15, -0.1) is 11.3 Å². The summed E-state index contributed by atoms with van der Waals surface area (Å²) in [6, 6.07) is 18.8. The van der Waals surface area contributed by atoms with E-state index in [2.05, 4.69) is 15.1 Å². The number of morpholine rings is 1. The van der Waals surface area contributed by atoms with Crippen molar-refractivity contribution in [1.29, 1.82) is 0 Å². The van der Waals surface area contributed by atoms with Crippen LogP contribution >= 0.6 is 34.5 Å². The van der Waals surface area contributed by atoms with Crippen molar-refractivity contribution in [1.82, 2.24) is 9.78 Å². The number of carbonyl (C=O) groups excluding carboxylic acids is 1. The molecule has 0 saturated carbocycles. The zero-order valence-corrected chi connectivity index (χ0v) is 27.5. The van der Waals surface area contributed by atoms with Crippen LogP contribution in [0.25, 0.3) is 10.2 Å². The fourth-order valence-corrected chi connectivity index (χ4v) is 7.98. The Kier molecular flexibility index (Phi) is 8.94. The molecule has 5 aromatic rings. The number of sulfonamides is 1. The third-order valence-corrected chi connectivity index (χ3v) is 10.5. The summed E-state index contributed by atoms with van der Waals surface area (Å²) in [5.74, 6) is 0.0160. The van der Waals surface area contributed by atoms with E-state index in [0.717, 1.165) is 21.5 Å². The summed E-state index contributed by atoms with van der Waals surface area (Å²) < 4.78 is 43.0. The van der Waals surface area contributed by atoms with E-state index in [1.807, 2.05) is 22.6 Å². The first-order valence-electron chi connectivity index (χ1n) is 14.0. The molecule has 234 valence electrons. The minimum Gasteiger partial charge on any atom is -0.495 e. The highest BCUT2D eigenvalue weighted by Gasteiger charge is 2.26. The van der Waals surface area contributed by atoms with Crippen LogP contribution in [0.4, 0.5) is 17.1 Å². The Morgan fingerprint density at radius 3 is 2.60 bits per heavy atom. The highest BCUT2D eigenvalue weighted by molar-refractivity contribution is 7.93. The second kappa shape index (κ2) is 12.9. The number of carbonyl (C=O) groups is 1. The number of hydrogen-bond acceptors (Lipinski definition) is 8. The average molecular weight is 687 g/mol. The minimum atomic E-state index is -4.10. The number of rotatable bonds is 9. The Bertz CT molecular complexity index is 2000. The summed E-state index contributed by atoms with van der Waals surface area (Å²) in [4.78, 5) is 16.8. The van der Waals surface area contributed by atoms with Crippen LogP contribution in [-0.2, 0) is 21.3 Å². The first kappa shape index (κ1) is 31.2. The van der Waals surface area contributed by atoms with Gasteiger partial charge in [0, 0.05) is 34.2 Å². The van der Waals surface area contributed by atoms with Crippen molar-refractivity contribution in [2.45, 2.75) is 18.4 Å². The molecule has 3 heterocycles. The molecule has 1 aliphatic heterocycles. The molecule has 2 N–H and O–H groups in total. The smallest absolute Gasteiger partial charge is 0.265 e. The van der Waals surface area contributed by atoms with Crippen LogP contribution in [0.1, 0.15) is 20.9 Å². The molecular formula is C31H29Cl2N5O5S2. The molecule has 0 bridgehead atoms. The van der Waals surface area contributed by atoms with Crippen molar-refractivity contribution < 1.29 is 22.7 Å². The van der Waals surface area contributed by atoms with E-state index in [-0.39, 0.29) is 10.8 Å². The van der Waals surface area contributed by atoms with E-state index in [1.165, 1.54) is 24.5 Å². The Hall–Kier alpha value is -3.81. The zero-order chi connectivity index (χ0) is 31.7. The number of methoxy groups -OCH3 is 1. The van der Waals surface area contributed by atoms with E-state index < -0.39 is 10.0 Å². The van der Waals surface area contributed by atoms with Crippen LogP contribution in [0.3, 0.4) is 0 Å². The van der Waals surface area contributed by atoms with Crippen molar-refractivity contribution in [2.24, 2.45) is 0 Å². The van der Waals surface area contributed by atoms with Gasteiger partial charge in [-0.2, -0.15) is 5.10 Å².